The summed E-state index contributed by atoms with van der Waals surface area (Å²) in [6.07, 6.45) is 8.38. The summed E-state index contributed by atoms with van der Waals surface area (Å²) < 4.78 is 0. The van der Waals surface area contributed by atoms with Gasteiger partial charge < -0.3 is 14.9 Å². The third-order valence-corrected chi connectivity index (χ3v) is 4.38. The number of hydrogen-bond donors (Lipinski definition) is 1. The van der Waals surface area contributed by atoms with Gasteiger partial charge in [0, 0.05) is 26.2 Å². The lowest BCUT2D eigenvalue weighted by molar-refractivity contribution is -0.137. The van der Waals surface area contributed by atoms with Gasteiger partial charge in [-0.2, -0.15) is 0 Å². The molecule has 114 valence electrons. The molecule has 0 radical (unpaired) electrons. The molecule has 0 aromatic carbocycles. The Bertz CT molecular complexity index is 349. The van der Waals surface area contributed by atoms with E-state index < -0.39 is 5.97 Å². The smallest absolute Gasteiger partial charge is 0.320 e. The Hall–Kier alpha value is -1.26. The molecule has 0 aromatic heterocycles. The molecule has 0 spiro atoms. The minimum absolute atomic E-state index is 0.0133. The van der Waals surface area contributed by atoms with Crippen LogP contribution in [0.5, 0.6) is 0 Å². The zero-order valence-corrected chi connectivity index (χ0v) is 12.4. The number of aliphatic carboxylic acids is 1. The van der Waals surface area contributed by atoms with Gasteiger partial charge in [-0.05, 0) is 31.6 Å². The van der Waals surface area contributed by atoms with E-state index >= 15 is 0 Å². The Morgan fingerprint density at radius 3 is 2.30 bits per heavy atom. The molecule has 2 aliphatic carbocycles. The maximum atomic E-state index is 12.5. The Balaban J connectivity index is 1.83. The lowest BCUT2D eigenvalue weighted by Crippen LogP contribution is -2.45. The van der Waals surface area contributed by atoms with Gasteiger partial charge in [0.2, 0.25) is 0 Å². The molecule has 0 unspecified atom stereocenters. The number of carbonyl (C=O) groups is 2. The van der Waals surface area contributed by atoms with Crippen LogP contribution in [0.25, 0.3) is 0 Å². The molecule has 20 heavy (non-hydrogen) atoms. The zero-order valence-electron chi connectivity index (χ0n) is 12.4. The average Bonchev–Trinajstić information content (AvgIpc) is 3.24. The maximum absolute atomic E-state index is 12.5. The van der Waals surface area contributed by atoms with Gasteiger partial charge in [0.25, 0.3) is 0 Å². The molecule has 2 rings (SSSR count). The van der Waals surface area contributed by atoms with Crippen LogP contribution in [0.1, 0.15) is 51.4 Å². The van der Waals surface area contributed by atoms with E-state index in [0.29, 0.717) is 12.5 Å². The Kier molecular flexibility index (Phi) is 5.26. The van der Waals surface area contributed by atoms with E-state index in [9.17, 15) is 9.59 Å². The first-order valence-electron chi connectivity index (χ1n) is 7.81. The summed E-state index contributed by atoms with van der Waals surface area (Å²) in [7, 11) is 1.85. The van der Waals surface area contributed by atoms with Gasteiger partial charge in [-0.25, -0.2) is 4.79 Å². The van der Waals surface area contributed by atoms with Crippen LogP contribution in [-0.2, 0) is 4.79 Å². The Labute approximate surface area is 120 Å². The van der Waals surface area contributed by atoms with Crippen molar-refractivity contribution in [2.24, 2.45) is 5.92 Å². The first-order chi connectivity index (χ1) is 9.58. The van der Waals surface area contributed by atoms with Crippen molar-refractivity contribution in [2.75, 3.05) is 20.1 Å². The van der Waals surface area contributed by atoms with E-state index in [2.05, 4.69) is 0 Å². The Morgan fingerprint density at radius 1 is 1.10 bits per heavy atom. The van der Waals surface area contributed by atoms with Crippen molar-refractivity contribution in [1.29, 1.82) is 0 Å². The van der Waals surface area contributed by atoms with E-state index in [1.54, 1.807) is 9.80 Å². The monoisotopic (exact) mass is 282 g/mol. The number of rotatable bonds is 6. The molecule has 2 amide bonds. The highest BCUT2D eigenvalue weighted by molar-refractivity contribution is 5.76. The normalized spacial score (nSPS) is 19.6. The number of carboxylic acid groups (broad SMARTS) is 1. The maximum Gasteiger partial charge on any atom is 0.320 e. The fraction of sp³-hybridized carbons (Fsp3) is 0.867. The first kappa shape index (κ1) is 15.1. The average molecular weight is 282 g/mol. The molecule has 5 heteroatoms. The standard InChI is InChI=1S/C15H26N2O3/c1-16(11-12-5-3-2-4-6-12)15(20)17(13-7-8-13)10-9-14(18)19/h12-13H,2-11H2,1H3,(H,18,19). The molecular weight excluding hydrogens is 256 g/mol. The topological polar surface area (TPSA) is 60.9 Å². The quantitative estimate of drug-likeness (QED) is 0.814. The molecule has 0 atom stereocenters. The minimum atomic E-state index is -0.835. The summed E-state index contributed by atoms with van der Waals surface area (Å²) in [5, 5.41) is 8.79. The molecule has 2 fully saturated rings. The van der Waals surface area contributed by atoms with Crippen LogP contribution in [0, 0.1) is 5.92 Å². The van der Waals surface area contributed by atoms with E-state index in [-0.39, 0.29) is 18.5 Å². The third kappa shape index (κ3) is 4.39. The van der Waals surface area contributed by atoms with Gasteiger partial charge in [-0.1, -0.05) is 19.3 Å². The van der Waals surface area contributed by atoms with Crippen LogP contribution in [-0.4, -0.2) is 53.1 Å². The molecule has 5 nitrogen and oxygen atoms in total. The van der Waals surface area contributed by atoms with Gasteiger partial charge >= 0.3 is 12.0 Å². The van der Waals surface area contributed by atoms with Crippen LogP contribution in [0.2, 0.25) is 0 Å². The fourth-order valence-electron chi connectivity index (χ4n) is 3.09. The second kappa shape index (κ2) is 6.95. The fourth-order valence-corrected chi connectivity index (χ4v) is 3.09. The Morgan fingerprint density at radius 2 is 1.75 bits per heavy atom. The molecule has 0 aromatic rings. The first-order valence-corrected chi connectivity index (χ1v) is 7.81. The van der Waals surface area contributed by atoms with Crippen LogP contribution in [0.4, 0.5) is 4.79 Å². The highest BCUT2D eigenvalue weighted by Crippen LogP contribution is 2.29. The summed E-state index contributed by atoms with van der Waals surface area (Å²) in [5.41, 5.74) is 0. The van der Waals surface area contributed by atoms with Crippen LogP contribution >= 0.6 is 0 Å². The summed E-state index contributed by atoms with van der Waals surface area (Å²) in [5.74, 6) is -0.211. The highest BCUT2D eigenvalue weighted by Gasteiger charge is 2.34. The number of amides is 2. The van der Waals surface area contributed by atoms with Crippen molar-refractivity contribution >= 4 is 12.0 Å². The van der Waals surface area contributed by atoms with Crippen LogP contribution in [0.15, 0.2) is 0 Å². The molecule has 0 aliphatic heterocycles. The van der Waals surface area contributed by atoms with Gasteiger partial charge in [0.05, 0.1) is 6.42 Å². The van der Waals surface area contributed by atoms with Crippen molar-refractivity contribution in [3.05, 3.63) is 0 Å². The second-order valence-electron chi connectivity index (χ2n) is 6.24. The largest absolute Gasteiger partial charge is 0.481 e. The number of urea groups is 1. The number of hydrogen-bond acceptors (Lipinski definition) is 2. The van der Waals surface area contributed by atoms with Crippen molar-refractivity contribution in [3.63, 3.8) is 0 Å². The molecule has 0 saturated heterocycles. The summed E-state index contributed by atoms with van der Waals surface area (Å²) in [6.45, 7) is 1.16. The SMILES string of the molecule is CN(CC1CCCCC1)C(=O)N(CCC(=O)O)C1CC1. The lowest BCUT2D eigenvalue weighted by Gasteiger charge is -2.31. The van der Waals surface area contributed by atoms with E-state index in [1.807, 2.05) is 7.05 Å². The minimum Gasteiger partial charge on any atom is -0.481 e. The predicted octanol–water partition coefficient (Wildman–Crippen LogP) is 2.56. The van der Waals surface area contributed by atoms with Gasteiger partial charge in [0.1, 0.15) is 0 Å². The second-order valence-corrected chi connectivity index (χ2v) is 6.24. The number of carboxylic acids is 1. The molecule has 1 N–H and O–H groups in total. The third-order valence-electron chi connectivity index (χ3n) is 4.38. The number of nitrogens with zero attached hydrogens (tertiary/aromatic N) is 2. The van der Waals surface area contributed by atoms with E-state index in [0.717, 1.165) is 19.4 Å². The predicted molar refractivity (Wildman–Crippen MR) is 76.6 cm³/mol. The van der Waals surface area contributed by atoms with Crippen LogP contribution < -0.4 is 0 Å². The van der Waals surface area contributed by atoms with E-state index in [4.69, 9.17) is 5.11 Å². The molecule has 2 aliphatic rings. The van der Waals surface area contributed by atoms with Crippen LogP contribution in [0.3, 0.4) is 0 Å². The molecular formula is C15H26N2O3. The summed E-state index contributed by atoms with van der Waals surface area (Å²) in [6, 6.07) is 0.287. The van der Waals surface area contributed by atoms with Crippen molar-refractivity contribution < 1.29 is 14.7 Å². The van der Waals surface area contributed by atoms with Crippen molar-refractivity contribution in [2.45, 2.75) is 57.4 Å². The summed E-state index contributed by atoms with van der Waals surface area (Å²) in [4.78, 5) is 26.7. The van der Waals surface area contributed by atoms with Crippen molar-refractivity contribution in [3.8, 4) is 0 Å². The van der Waals surface area contributed by atoms with E-state index in [1.165, 1.54) is 32.1 Å². The zero-order chi connectivity index (χ0) is 14.5. The molecule has 0 heterocycles. The lowest BCUT2D eigenvalue weighted by atomic mass is 9.89. The van der Waals surface area contributed by atoms with Crippen molar-refractivity contribution in [1.82, 2.24) is 9.80 Å². The highest BCUT2D eigenvalue weighted by atomic mass is 16.4. The number of carbonyl (C=O) groups excluding carboxylic acids is 1. The van der Waals surface area contributed by atoms with Gasteiger partial charge in [-0.15, -0.1) is 0 Å². The summed E-state index contributed by atoms with van der Waals surface area (Å²) >= 11 is 0. The van der Waals surface area contributed by atoms with Gasteiger partial charge in [-0.3, -0.25) is 4.79 Å². The molecule has 0 bridgehead atoms. The van der Waals surface area contributed by atoms with Gasteiger partial charge in [0.15, 0.2) is 0 Å². The molecule has 2 saturated carbocycles.